The van der Waals surface area contributed by atoms with E-state index in [0.717, 1.165) is 33.8 Å². The number of nitrogens with two attached hydrogens (primary N) is 1. The lowest BCUT2D eigenvalue weighted by atomic mass is 10.0. The maximum Gasteiger partial charge on any atom is 0.144 e. The van der Waals surface area contributed by atoms with Gasteiger partial charge in [-0.1, -0.05) is 72.8 Å². The first-order valence-corrected chi connectivity index (χ1v) is 7.92. The zero-order valence-electron chi connectivity index (χ0n) is 13.1. The Bertz CT molecular complexity index is 956. The Kier molecular flexibility index (Phi) is 3.64. The molecule has 0 radical (unpaired) electrons. The summed E-state index contributed by atoms with van der Waals surface area (Å²) >= 11 is 0. The highest BCUT2D eigenvalue weighted by Crippen LogP contribution is 2.40. The third-order valence-electron chi connectivity index (χ3n) is 4.08. The van der Waals surface area contributed by atoms with Gasteiger partial charge in [0.15, 0.2) is 0 Å². The largest absolute Gasteiger partial charge is 0.455 e. The van der Waals surface area contributed by atoms with E-state index in [1.165, 1.54) is 0 Å². The average molecular weight is 311 g/mol. The lowest BCUT2D eigenvalue weighted by molar-refractivity contribution is 0.598. The van der Waals surface area contributed by atoms with Crippen LogP contribution in [-0.4, -0.2) is 0 Å². The van der Waals surface area contributed by atoms with Gasteiger partial charge in [-0.3, -0.25) is 0 Å². The van der Waals surface area contributed by atoms with Crippen molar-refractivity contribution in [1.29, 1.82) is 0 Å². The van der Waals surface area contributed by atoms with E-state index < -0.39 is 0 Å². The molecule has 0 saturated heterocycles. The van der Waals surface area contributed by atoms with Gasteiger partial charge in [0.05, 0.1) is 0 Å². The van der Waals surface area contributed by atoms with E-state index in [2.05, 4.69) is 18.2 Å². The molecule has 0 fully saturated rings. The van der Waals surface area contributed by atoms with Gasteiger partial charge in [0.2, 0.25) is 0 Å². The smallest absolute Gasteiger partial charge is 0.144 e. The topological polar surface area (TPSA) is 39.2 Å². The molecule has 0 saturated carbocycles. The molecule has 2 N–H and O–H groups in total. The van der Waals surface area contributed by atoms with E-state index >= 15 is 0 Å². The molecule has 2 heteroatoms. The summed E-state index contributed by atoms with van der Waals surface area (Å²) < 4.78 is 6.24. The van der Waals surface area contributed by atoms with Crippen LogP contribution in [0.25, 0.3) is 33.8 Å². The van der Waals surface area contributed by atoms with Gasteiger partial charge in [0.1, 0.15) is 11.5 Å². The predicted molar refractivity (Wildman–Crippen MR) is 99.4 cm³/mol. The second kappa shape index (κ2) is 6.09. The van der Waals surface area contributed by atoms with Crippen LogP contribution < -0.4 is 5.73 Å². The first-order valence-electron chi connectivity index (χ1n) is 7.92. The fourth-order valence-corrected chi connectivity index (χ4v) is 2.87. The summed E-state index contributed by atoms with van der Waals surface area (Å²) in [7, 11) is 0. The van der Waals surface area contributed by atoms with Crippen molar-refractivity contribution in [3.05, 3.63) is 91.0 Å². The minimum atomic E-state index is 0.712. The van der Waals surface area contributed by atoms with Crippen LogP contribution in [0.5, 0.6) is 0 Å². The number of rotatable bonds is 3. The minimum Gasteiger partial charge on any atom is -0.455 e. The summed E-state index contributed by atoms with van der Waals surface area (Å²) in [4.78, 5) is 0. The Hall–Kier alpha value is -3.26. The van der Waals surface area contributed by atoms with Gasteiger partial charge in [-0.15, -0.1) is 0 Å². The molecule has 0 atom stereocenters. The third kappa shape index (κ3) is 2.59. The highest BCUT2D eigenvalue weighted by Gasteiger charge is 2.17. The van der Waals surface area contributed by atoms with E-state index in [-0.39, 0.29) is 0 Å². The number of anilines is 1. The molecule has 3 aromatic carbocycles. The summed E-state index contributed by atoms with van der Waals surface area (Å²) in [6, 6.07) is 30.3. The zero-order chi connectivity index (χ0) is 16.4. The Balaban J connectivity index is 1.94. The van der Waals surface area contributed by atoms with Crippen molar-refractivity contribution in [2.45, 2.75) is 0 Å². The summed E-state index contributed by atoms with van der Waals surface area (Å²) in [5.74, 6) is 1.64. The summed E-state index contributed by atoms with van der Waals surface area (Å²) in [5.41, 5.74) is 11.0. The molecule has 0 aliphatic heterocycles. The molecule has 1 heterocycles. The second-order valence-electron chi connectivity index (χ2n) is 5.67. The molecule has 4 rings (SSSR count). The molecule has 0 bridgehead atoms. The lowest BCUT2D eigenvalue weighted by Gasteiger charge is -2.05. The molecule has 1 aromatic heterocycles. The Morgan fingerprint density at radius 3 is 1.83 bits per heavy atom. The molecule has 0 spiro atoms. The fraction of sp³-hybridized carbons (Fsp3) is 0. The van der Waals surface area contributed by atoms with Crippen molar-refractivity contribution < 1.29 is 4.42 Å². The van der Waals surface area contributed by atoms with Gasteiger partial charge in [0.25, 0.3) is 0 Å². The molecule has 0 aliphatic carbocycles. The van der Waals surface area contributed by atoms with E-state index in [1.807, 2.05) is 72.8 Å². The molecule has 2 nitrogen and oxygen atoms in total. The summed E-state index contributed by atoms with van der Waals surface area (Å²) in [6.45, 7) is 0. The number of para-hydroxylation sites is 1. The van der Waals surface area contributed by atoms with Crippen LogP contribution in [0.15, 0.2) is 95.4 Å². The quantitative estimate of drug-likeness (QED) is 0.481. The number of benzene rings is 3. The number of hydrogen-bond donors (Lipinski definition) is 1. The number of furan rings is 1. The Morgan fingerprint density at radius 2 is 1.17 bits per heavy atom. The van der Waals surface area contributed by atoms with Crippen molar-refractivity contribution >= 4 is 5.69 Å². The monoisotopic (exact) mass is 311 g/mol. The maximum absolute atomic E-state index is 6.24. The molecule has 0 unspecified atom stereocenters. The van der Waals surface area contributed by atoms with Crippen molar-refractivity contribution in [3.63, 3.8) is 0 Å². The molecule has 0 amide bonds. The van der Waals surface area contributed by atoms with Crippen molar-refractivity contribution in [1.82, 2.24) is 0 Å². The standard InChI is InChI=1S/C22H17NO/c23-20-14-8-7-13-18(20)22-19(16-9-3-1-4-10-16)15-21(24-22)17-11-5-2-6-12-17/h1-15H,23H2. The van der Waals surface area contributed by atoms with Gasteiger partial charge in [0, 0.05) is 22.4 Å². The second-order valence-corrected chi connectivity index (χ2v) is 5.67. The van der Waals surface area contributed by atoms with Gasteiger partial charge in [-0.2, -0.15) is 0 Å². The first kappa shape index (κ1) is 14.3. The number of nitrogen functional groups attached to an aromatic ring is 1. The maximum atomic E-state index is 6.24. The highest BCUT2D eigenvalue weighted by molar-refractivity contribution is 5.87. The van der Waals surface area contributed by atoms with Crippen molar-refractivity contribution in [2.24, 2.45) is 0 Å². The predicted octanol–water partition coefficient (Wildman–Crippen LogP) is 5.86. The van der Waals surface area contributed by atoms with Crippen LogP contribution in [-0.2, 0) is 0 Å². The average Bonchev–Trinajstić information content (AvgIpc) is 3.09. The van der Waals surface area contributed by atoms with Gasteiger partial charge >= 0.3 is 0 Å². The highest BCUT2D eigenvalue weighted by atomic mass is 16.3. The first-order chi connectivity index (χ1) is 11.8. The van der Waals surface area contributed by atoms with E-state index in [9.17, 15) is 0 Å². The van der Waals surface area contributed by atoms with E-state index in [4.69, 9.17) is 10.2 Å². The molecular weight excluding hydrogens is 294 g/mol. The Morgan fingerprint density at radius 1 is 0.583 bits per heavy atom. The third-order valence-corrected chi connectivity index (χ3v) is 4.08. The van der Waals surface area contributed by atoms with Gasteiger partial charge < -0.3 is 10.2 Å². The lowest BCUT2D eigenvalue weighted by Crippen LogP contribution is -1.89. The van der Waals surface area contributed by atoms with Crippen LogP contribution >= 0.6 is 0 Å². The molecule has 4 aromatic rings. The van der Waals surface area contributed by atoms with Gasteiger partial charge in [-0.25, -0.2) is 0 Å². The molecule has 24 heavy (non-hydrogen) atoms. The zero-order valence-corrected chi connectivity index (χ0v) is 13.1. The molecule has 0 aliphatic rings. The molecule has 116 valence electrons. The van der Waals surface area contributed by atoms with Crippen LogP contribution in [0.1, 0.15) is 0 Å². The van der Waals surface area contributed by atoms with Crippen LogP contribution in [0.3, 0.4) is 0 Å². The van der Waals surface area contributed by atoms with Crippen molar-refractivity contribution in [2.75, 3.05) is 5.73 Å². The van der Waals surface area contributed by atoms with Crippen LogP contribution in [0.4, 0.5) is 5.69 Å². The molecular formula is C22H17NO. The SMILES string of the molecule is Nc1ccccc1-c1oc(-c2ccccc2)cc1-c1ccccc1. The summed E-state index contributed by atoms with van der Waals surface area (Å²) in [6.07, 6.45) is 0. The van der Waals surface area contributed by atoms with Crippen LogP contribution in [0.2, 0.25) is 0 Å². The number of hydrogen-bond acceptors (Lipinski definition) is 2. The van der Waals surface area contributed by atoms with E-state index in [1.54, 1.807) is 0 Å². The normalized spacial score (nSPS) is 10.7. The van der Waals surface area contributed by atoms with Gasteiger partial charge in [-0.05, 0) is 23.8 Å². The fourth-order valence-electron chi connectivity index (χ4n) is 2.87. The van der Waals surface area contributed by atoms with Crippen LogP contribution in [0, 0.1) is 0 Å². The summed E-state index contributed by atoms with van der Waals surface area (Å²) in [5, 5.41) is 0. The minimum absolute atomic E-state index is 0.712. The van der Waals surface area contributed by atoms with E-state index in [0.29, 0.717) is 5.69 Å². The Labute approximate surface area is 141 Å². The van der Waals surface area contributed by atoms with Crippen molar-refractivity contribution in [3.8, 4) is 33.8 Å².